The van der Waals surface area contributed by atoms with Crippen LogP contribution in [0.3, 0.4) is 0 Å². The largest absolute Gasteiger partial charge is 0.382 e. The standard InChI is InChI=1S/C18H26N2O7.C15H30O5.C13H26O4.C12H23FO3.2C12H25NO3.C11H21O6P/c1-10(2)25-9-15-18(26-11(3)4)16(12(5)27-15)17-13(19(21)22)7-6-8-14(17)20(23)24;1-10(2)18-9-13-15(19-11(3)4)14(12(5)20-13)17-8-7-16-6;1-8(2)15-7-11-13(16-9(3)4)12(14-6)10(5)17-11;3*1-7(2)14-6-10-12(15-8(3)4)11(13)9(5)16-10;1-7(2)14-5-11-6-15-9(8(3)16-11)10(11)17-18(4,12)13/h6-8,10-12,15-16,18H,9H2,1-5H3;10-15H,7-9H2,1-6H3;8-13H,7H2,1-6H3;7-12H,6H2,1-5H3;2*7-12H,6,13H2,1-5H3;7-10H,5-6H2,1-4H3,(H,12,13)/t12-,15+,16?,18-;12-,13+,14?,15-;10-,11+,12?,13-;3*9-,10+,11?,12-;8-,9?,10+,11-/m0000000/s1. The number of halogens is 1. The van der Waals surface area contributed by atoms with Crippen molar-refractivity contribution in [3.8, 4) is 0 Å². The van der Waals surface area contributed by atoms with Crippen molar-refractivity contribution in [2.45, 2.75) is 478 Å². The normalized spacial score (nSPS) is 33.3. The van der Waals surface area contributed by atoms with Crippen LogP contribution >= 0.6 is 7.60 Å². The predicted octanol–water partition coefficient (Wildman–Crippen LogP) is 13.8. The van der Waals surface area contributed by atoms with E-state index in [4.69, 9.17) is 130 Å². The van der Waals surface area contributed by atoms with Gasteiger partial charge in [-0.25, -0.2) is 4.39 Å². The third-order valence-electron chi connectivity index (χ3n) is 21.6. The Hall–Kier alpha value is -2.94. The van der Waals surface area contributed by atoms with E-state index in [1.807, 2.05) is 215 Å². The Bertz CT molecular complexity index is 3140. The van der Waals surface area contributed by atoms with E-state index >= 15 is 0 Å². The zero-order valence-electron chi connectivity index (χ0n) is 85.5. The second-order valence-electron chi connectivity index (χ2n) is 38.2. The number of nitro benzene ring substituents is 2. The van der Waals surface area contributed by atoms with E-state index in [0.29, 0.717) is 59.5 Å². The van der Waals surface area contributed by atoms with Crippen molar-refractivity contribution in [2.75, 3.05) is 87.0 Å². The first-order valence-corrected chi connectivity index (χ1v) is 49.2. The highest BCUT2D eigenvalue weighted by Crippen LogP contribution is 2.51. The maximum Gasteiger partial charge on any atom is 0.325 e. The molecule has 35 nitrogen and oxygen atoms in total. The van der Waals surface area contributed by atoms with Gasteiger partial charge in [0, 0.05) is 33.0 Å². The van der Waals surface area contributed by atoms with Gasteiger partial charge < -0.3 is 130 Å². The summed E-state index contributed by atoms with van der Waals surface area (Å²) in [6, 6.07) is 3.74. The fraction of sp³-hybridized carbons (Fsp3) is 0.935. The van der Waals surface area contributed by atoms with Crippen LogP contribution in [0, 0.1) is 20.2 Å². The Kier molecular flexibility index (Phi) is 55.5. The number of nitro groups is 2. The van der Waals surface area contributed by atoms with Gasteiger partial charge in [0.1, 0.15) is 103 Å². The first kappa shape index (κ1) is 121. The maximum absolute atomic E-state index is 13.8. The zero-order valence-corrected chi connectivity index (χ0v) is 86.4. The molecule has 0 spiro atoms. The molecule has 8 fully saturated rings. The summed E-state index contributed by atoms with van der Waals surface area (Å²) in [6.07, 6.45) is -3.98. The van der Waals surface area contributed by atoms with E-state index < -0.39 is 71.8 Å². The van der Waals surface area contributed by atoms with Crippen molar-refractivity contribution in [3.05, 3.63) is 44.0 Å². The van der Waals surface area contributed by atoms with Crippen molar-refractivity contribution in [3.63, 3.8) is 0 Å². The van der Waals surface area contributed by atoms with Crippen LogP contribution in [0.25, 0.3) is 0 Å². The number of fused-ring (bicyclic) bond motifs is 2. The average molecular weight is 1900 g/mol. The van der Waals surface area contributed by atoms with E-state index in [2.05, 4.69) is 0 Å². The molecule has 1 aromatic rings. The number of hydrogen-bond donors (Lipinski definition) is 3. The molecule has 8 aliphatic rings. The maximum atomic E-state index is 13.8. The quantitative estimate of drug-likeness (QED) is 0.0236. The lowest BCUT2D eigenvalue weighted by Gasteiger charge is -2.31. The van der Waals surface area contributed by atoms with Gasteiger partial charge in [-0.05, 0) is 235 Å². The molecular formula is C93H176FN4O31P. The van der Waals surface area contributed by atoms with Crippen molar-refractivity contribution in [1.29, 1.82) is 0 Å². The Balaban J connectivity index is 0.000000394. The van der Waals surface area contributed by atoms with Gasteiger partial charge in [0.05, 0.1) is 222 Å². The smallest absolute Gasteiger partial charge is 0.325 e. The summed E-state index contributed by atoms with van der Waals surface area (Å²) < 4.78 is 167. The molecule has 8 aliphatic heterocycles. The third-order valence-corrected chi connectivity index (χ3v) is 22.2. The lowest BCUT2D eigenvalue weighted by molar-refractivity contribution is -0.396. The Morgan fingerprint density at radius 2 is 0.746 bits per heavy atom. The second-order valence-corrected chi connectivity index (χ2v) is 40.0. The molecule has 0 radical (unpaired) electrons. The van der Waals surface area contributed by atoms with Crippen LogP contribution in [0.1, 0.15) is 240 Å². The van der Waals surface area contributed by atoms with Gasteiger partial charge in [0.15, 0.2) is 6.17 Å². The first-order chi connectivity index (χ1) is 60.5. The molecule has 5 N–H and O–H groups in total. The molecule has 1 aromatic carbocycles. The number of methoxy groups -OCH3 is 2. The molecule has 8 heterocycles. The number of nitrogens with two attached hydrogens (primary N) is 2. The summed E-state index contributed by atoms with van der Waals surface area (Å²) in [6.45, 7) is 70.3. The fourth-order valence-electron chi connectivity index (χ4n) is 15.9. The fourth-order valence-corrected chi connectivity index (χ4v) is 16.6. The predicted molar refractivity (Wildman–Crippen MR) is 493 cm³/mol. The first-order valence-electron chi connectivity index (χ1n) is 47.2. The highest BCUT2D eigenvalue weighted by Gasteiger charge is 2.63. The minimum absolute atomic E-state index is 0.00120. The highest BCUT2D eigenvalue weighted by atomic mass is 31.2. The molecular weight excluding hydrogens is 1720 g/mol. The van der Waals surface area contributed by atoms with E-state index in [-0.39, 0.29) is 219 Å². The molecule has 130 heavy (non-hydrogen) atoms. The van der Waals surface area contributed by atoms with E-state index in [0.717, 1.165) is 0 Å². The lowest BCUT2D eigenvalue weighted by atomic mass is 9.86. The minimum Gasteiger partial charge on any atom is -0.382 e. The van der Waals surface area contributed by atoms with Crippen molar-refractivity contribution >= 4 is 19.0 Å². The number of ether oxygens (including phenoxy) is 24. The molecule has 0 saturated carbocycles. The van der Waals surface area contributed by atoms with Gasteiger partial charge in [-0.15, -0.1) is 0 Å². The molecule has 0 aromatic heterocycles. The van der Waals surface area contributed by atoms with E-state index in [1.165, 1.54) is 24.9 Å². The van der Waals surface area contributed by atoms with Gasteiger partial charge in [-0.2, -0.15) is 0 Å². The summed E-state index contributed by atoms with van der Waals surface area (Å²) in [4.78, 5) is 31.3. The topological polar surface area (TPSA) is 406 Å². The second kappa shape index (κ2) is 59.5. The highest BCUT2D eigenvalue weighted by molar-refractivity contribution is 7.51. The van der Waals surface area contributed by atoms with Crippen LogP contribution in [-0.4, -0.2) is 345 Å². The van der Waals surface area contributed by atoms with Gasteiger partial charge in [-0.1, -0.05) is 0 Å². The number of hydrogen-bond acceptors (Lipinski definition) is 32. The van der Waals surface area contributed by atoms with Gasteiger partial charge >= 0.3 is 7.60 Å². The van der Waals surface area contributed by atoms with Gasteiger partial charge in [-0.3, -0.25) is 29.3 Å². The molecule has 0 amide bonds. The molecule has 766 valence electrons. The Morgan fingerprint density at radius 1 is 0.431 bits per heavy atom. The number of benzene rings is 1. The van der Waals surface area contributed by atoms with Crippen LogP contribution in [-0.2, 0) is 123 Å². The van der Waals surface area contributed by atoms with E-state index in [9.17, 15) is 34.1 Å². The average Bonchev–Trinajstić information content (AvgIpc) is 1.59. The van der Waals surface area contributed by atoms with Gasteiger partial charge in [0.2, 0.25) is 0 Å². The van der Waals surface area contributed by atoms with Crippen molar-refractivity contribution in [1.82, 2.24) is 0 Å². The number of nitrogens with zero attached hydrogens (tertiary/aromatic N) is 2. The Morgan fingerprint density at radius 3 is 1.09 bits per heavy atom. The van der Waals surface area contributed by atoms with Crippen LogP contribution in [0.2, 0.25) is 0 Å². The SMILES string of the molecule is CC(C)OC[C@@]12COC([C@H](C)O1)[C@H]2OP(C)(=O)O.CC(C)OC[C@H]1O[C@@H](C)C(F)[C@H]1OC(C)C.CC(C)OC[C@H]1O[C@@H](C)C(N)[C@H]1OC(C)C.CC(C)OC[C@H]1O[C@@H](C)C(N)[C@H]1OC(C)C.CC(C)OC[C@H]1O[C@@H](C)C(c2c([N+](=O)[O-])cccc2[N+](=O)[O-])[C@H]1OC(C)C.COC1[C@H](C)O[C@H](COC(C)C)[C@@H]1OC(C)C.COCCOC1[C@H](C)O[C@H](COC(C)C)[C@@H]1OC(C)C. The molecule has 0 aliphatic carbocycles. The summed E-state index contributed by atoms with van der Waals surface area (Å²) in [5.74, 6) is -0.657. The third kappa shape index (κ3) is 41.2. The zero-order chi connectivity index (χ0) is 98.9. The molecule has 2 bridgehead atoms. The van der Waals surface area contributed by atoms with Gasteiger partial charge in [0.25, 0.3) is 11.4 Å². The molecule has 37 heteroatoms. The lowest BCUT2D eigenvalue weighted by Crippen LogP contribution is -2.46. The molecule has 29 atom stereocenters. The number of rotatable bonds is 43. The molecule has 8 saturated heterocycles. The summed E-state index contributed by atoms with van der Waals surface area (Å²) in [7, 11) is -0.214. The van der Waals surface area contributed by atoms with Crippen LogP contribution < -0.4 is 11.5 Å². The minimum atomic E-state index is -3.58. The van der Waals surface area contributed by atoms with E-state index in [1.54, 1.807) is 28.1 Å². The summed E-state index contributed by atoms with van der Waals surface area (Å²) in [5, 5.41) is 23.1. The summed E-state index contributed by atoms with van der Waals surface area (Å²) in [5.41, 5.74) is 10.8. The number of alkyl halides is 1. The van der Waals surface area contributed by atoms with Crippen molar-refractivity contribution in [2.24, 2.45) is 11.5 Å². The molecule has 9 rings (SSSR count). The molecule has 8 unspecified atom stereocenters. The summed E-state index contributed by atoms with van der Waals surface area (Å²) >= 11 is 0. The van der Waals surface area contributed by atoms with Crippen LogP contribution in [0.4, 0.5) is 15.8 Å². The van der Waals surface area contributed by atoms with Crippen LogP contribution in [0.5, 0.6) is 0 Å². The Labute approximate surface area is 777 Å². The monoisotopic (exact) mass is 1900 g/mol. The van der Waals surface area contributed by atoms with Crippen molar-refractivity contribution < 1.29 is 142 Å². The van der Waals surface area contributed by atoms with Crippen LogP contribution in [0.15, 0.2) is 18.2 Å².